The molecule has 1 aromatic carbocycles. The van der Waals surface area contributed by atoms with Crippen molar-refractivity contribution in [2.45, 2.75) is 26.5 Å². The SMILES string of the molecule is Cc1ccc(OCc2nc(C3CNCCN3C)no2)cc1C.Cl. The predicted octanol–water partition coefficient (Wildman–Crippen LogP) is 2.26. The number of aromatic nitrogens is 2. The number of nitrogens with zero attached hydrogens (tertiary/aromatic N) is 3. The number of hydrogen-bond donors (Lipinski definition) is 1. The molecule has 1 atom stereocenters. The lowest BCUT2D eigenvalue weighted by atomic mass is 10.1. The van der Waals surface area contributed by atoms with E-state index in [1.807, 2.05) is 18.2 Å². The van der Waals surface area contributed by atoms with Gasteiger partial charge in [0, 0.05) is 19.6 Å². The molecule has 0 aliphatic carbocycles. The maximum atomic E-state index is 5.73. The summed E-state index contributed by atoms with van der Waals surface area (Å²) in [6.07, 6.45) is 0. The highest BCUT2D eigenvalue weighted by Gasteiger charge is 2.25. The number of nitrogens with one attached hydrogen (secondary N) is 1. The molecule has 0 saturated carbocycles. The molecule has 23 heavy (non-hydrogen) atoms. The van der Waals surface area contributed by atoms with Gasteiger partial charge in [0.1, 0.15) is 5.75 Å². The zero-order valence-electron chi connectivity index (χ0n) is 13.7. The van der Waals surface area contributed by atoms with Gasteiger partial charge in [0.05, 0.1) is 6.04 Å². The summed E-state index contributed by atoms with van der Waals surface area (Å²) < 4.78 is 11.0. The summed E-state index contributed by atoms with van der Waals surface area (Å²) in [4.78, 5) is 6.69. The average Bonchev–Trinajstić information content (AvgIpc) is 2.98. The van der Waals surface area contributed by atoms with Crippen LogP contribution in [0.25, 0.3) is 0 Å². The van der Waals surface area contributed by atoms with E-state index in [1.165, 1.54) is 11.1 Å². The molecule has 1 fully saturated rings. The van der Waals surface area contributed by atoms with Crippen molar-refractivity contribution in [1.82, 2.24) is 20.4 Å². The van der Waals surface area contributed by atoms with Gasteiger partial charge in [0.2, 0.25) is 0 Å². The van der Waals surface area contributed by atoms with Crippen LogP contribution in [0, 0.1) is 13.8 Å². The largest absolute Gasteiger partial charge is 0.484 e. The smallest absolute Gasteiger partial charge is 0.264 e. The zero-order chi connectivity index (χ0) is 15.5. The first-order chi connectivity index (χ1) is 10.6. The van der Waals surface area contributed by atoms with Crippen LogP contribution >= 0.6 is 12.4 Å². The monoisotopic (exact) mass is 338 g/mol. The topological polar surface area (TPSA) is 63.4 Å². The van der Waals surface area contributed by atoms with Crippen LogP contribution in [0.3, 0.4) is 0 Å². The lowest BCUT2D eigenvalue weighted by molar-refractivity contribution is 0.189. The molecule has 2 heterocycles. The normalized spacial score (nSPS) is 18.5. The summed E-state index contributed by atoms with van der Waals surface area (Å²) >= 11 is 0. The number of piperazine rings is 1. The van der Waals surface area contributed by atoms with Crippen molar-refractivity contribution in [3.8, 4) is 5.75 Å². The van der Waals surface area contributed by atoms with Crippen molar-refractivity contribution in [2.24, 2.45) is 0 Å². The summed E-state index contributed by atoms with van der Waals surface area (Å²) in [6.45, 7) is 7.26. The van der Waals surface area contributed by atoms with Crippen LogP contribution < -0.4 is 10.1 Å². The Hall–Kier alpha value is -1.63. The minimum Gasteiger partial charge on any atom is -0.484 e. The molecule has 0 radical (unpaired) electrons. The van der Waals surface area contributed by atoms with Gasteiger partial charge in [-0.15, -0.1) is 12.4 Å². The van der Waals surface area contributed by atoms with Crippen molar-refractivity contribution in [3.05, 3.63) is 41.0 Å². The van der Waals surface area contributed by atoms with E-state index >= 15 is 0 Å². The second-order valence-corrected chi connectivity index (χ2v) is 5.78. The van der Waals surface area contributed by atoms with Crippen LogP contribution in [0.5, 0.6) is 5.75 Å². The second-order valence-electron chi connectivity index (χ2n) is 5.78. The highest BCUT2D eigenvalue weighted by atomic mass is 35.5. The third kappa shape index (κ3) is 4.22. The molecule has 2 aromatic rings. The van der Waals surface area contributed by atoms with E-state index < -0.39 is 0 Å². The molecule has 6 nitrogen and oxygen atoms in total. The minimum atomic E-state index is 0. The molecule has 0 bridgehead atoms. The van der Waals surface area contributed by atoms with Gasteiger partial charge in [-0.1, -0.05) is 11.2 Å². The number of hydrogen-bond acceptors (Lipinski definition) is 6. The Morgan fingerprint density at radius 2 is 2.17 bits per heavy atom. The average molecular weight is 339 g/mol. The molecule has 1 unspecified atom stereocenters. The second kappa shape index (κ2) is 7.77. The van der Waals surface area contributed by atoms with Gasteiger partial charge in [-0.05, 0) is 44.2 Å². The summed E-state index contributed by atoms with van der Waals surface area (Å²) in [5.74, 6) is 2.04. The van der Waals surface area contributed by atoms with Gasteiger partial charge in [0.15, 0.2) is 12.4 Å². The standard InChI is InChI=1S/C16H22N4O2.ClH/c1-11-4-5-13(8-12(11)2)21-10-15-18-16(19-22-15)14-9-17-6-7-20(14)3;/h4-5,8,14,17H,6-7,9-10H2,1-3H3;1H. The fourth-order valence-corrected chi connectivity index (χ4v) is 2.51. The van der Waals surface area contributed by atoms with E-state index in [0.717, 1.165) is 25.4 Å². The van der Waals surface area contributed by atoms with Crippen LogP contribution in [-0.2, 0) is 6.61 Å². The summed E-state index contributed by atoms with van der Waals surface area (Å²) in [5, 5.41) is 7.43. The lowest BCUT2D eigenvalue weighted by Gasteiger charge is -2.30. The molecular weight excluding hydrogens is 316 g/mol. The molecule has 1 aliphatic heterocycles. The van der Waals surface area contributed by atoms with Crippen LogP contribution in [0.1, 0.15) is 28.9 Å². The quantitative estimate of drug-likeness (QED) is 0.922. The fourth-order valence-electron chi connectivity index (χ4n) is 2.51. The van der Waals surface area contributed by atoms with Crippen LogP contribution in [0.4, 0.5) is 0 Å². The molecule has 1 aromatic heterocycles. The minimum absolute atomic E-state index is 0. The highest BCUT2D eigenvalue weighted by Crippen LogP contribution is 2.20. The van der Waals surface area contributed by atoms with Gasteiger partial charge in [0.25, 0.3) is 5.89 Å². The molecule has 0 amide bonds. The molecule has 7 heteroatoms. The Kier molecular flexibility index (Phi) is 5.98. The third-order valence-corrected chi connectivity index (χ3v) is 4.13. The Balaban J connectivity index is 0.00000192. The molecular formula is C16H23ClN4O2. The highest BCUT2D eigenvalue weighted by molar-refractivity contribution is 5.85. The van der Waals surface area contributed by atoms with Crippen molar-refractivity contribution in [2.75, 3.05) is 26.7 Å². The number of ether oxygens (including phenoxy) is 1. The van der Waals surface area contributed by atoms with Gasteiger partial charge in [-0.2, -0.15) is 4.98 Å². The molecule has 1 aliphatic rings. The Morgan fingerprint density at radius 3 is 2.91 bits per heavy atom. The van der Waals surface area contributed by atoms with Gasteiger partial charge < -0.3 is 14.6 Å². The van der Waals surface area contributed by atoms with E-state index in [-0.39, 0.29) is 18.4 Å². The van der Waals surface area contributed by atoms with Crippen molar-refractivity contribution in [3.63, 3.8) is 0 Å². The van der Waals surface area contributed by atoms with Crippen molar-refractivity contribution < 1.29 is 9.26 Å². The first kappa shape index (κ1) is 17.7. The number of benzene rings is 1. The maximum absolute atomic E-state index is 5.73. The van der Waals surface area contributed by atoms with E-state index in [2.05, 4.69) is 41.3 Å². The number of aryl methyl sites for hydroxylation is 2. The number of likely N-dealkylation sites (N-methyl/N-ethyl adjacent to an activating group) is 1. The first-order valence-corrected chi connectivity index (χ1v) is 7.57. The van der Waals surface area contributed by atoms with Crippen molar-refractivity contribution >= 4 is 12.4 Å². The van der Waals surface area contributed by atoms with Crippen LogP contribution in [-0.4, -0.2) is 41.7 Å². The number of halogens is 1. The van der Waals surface area contributed by atoms with E-state index in [9.17, 15) is 0 Å². The van der Waals surface area contributed by atoms with E-state index in [4.69, 9.17) is 9.26 Å². The molecule has 126 valence electrons. The van der Waals surface area contributed by atoms with Crippen molar-refractivity contribution in [1.29, 1.82) is 0 Å². The van der Waals surface area contributed by atoms with Gasteiger partial charge in [-0.25, -0.2) is 0 Å². The Bertz CT molecular complexity index is 647. The fraction of sp³-hybridized carbons (Fsp3) is 0.500. The molecule has 3 rings (SSSR count). The maximum Gasteiger partial charge on any atom is 0.264 e. The predicted molar refractivity (Wildman–Crippen MR) is 90.0 cm³/mol. The van der Waals surface area contributed by atoms with Gasteiger partial charge >= 0.3 is 0 Å². The Morgan fingerprint density at radius 1 is 1.35 bits per heavy atom. The van der Waals surface area contributed by atoms with E-state index in [0.29, 0.717) is 18.3 Å². The van der Waals surface area contributed by atoms with E-state index in [1.54, 1.807) is 0 Å². The lowest BCUT2D eigenvalue weighted by Crippen LogP contribution is -2.44. The number of rotatable bonds is 4. The molecule has 0 spiro atoms. The summed E-state index contributed by atoms with van der Waals surface area (Å²) in [6, 6.07) is 6.18. The zero-order valence-corrected chi connectivity index (χ0v) is 14.5. The summed E-state index contributed by atoms with van der Waals surface area (Å²) in [7, 11) is 2.08. The molecule has 1 saturated heterocycles. The Labute approximate surface area is 142 Å². The first-order valence-electron chi connectivity index (χ1n) is 7.57. The van der Waals surface area contributed by atoms with Gasteiger partial charge in [-0.3, -0.25) is 4.90 Å². The molecule has 1 N–H and O–H groups in total. The van der Waals surface area contributed by atoms with Crippen LogP contribution in [0.2, 0.25) is 0 Å². The third-order valence-electron chi connectivity index (χ3n) is 4.13. The summed E-state index contributed by atoms with van der Waals surface area (Å²) in [5.41, 5.74) is 2.46. The van der Waals surface area contributed by atoms with Crippen LogP contribution in [0.15, 0.2) is 22.7 Å².